The highest BCUT2D eigenvalue weighted by Gasteiger charge is 2.44. The molecule has 0 heterocycles. The molecule has 168 valence electrons. The Labute approximate surface area is 192 Å². The minimum atomic E-state index is -0.625. The van der Waals surface area contributed by atoms with Crippen LogP contribution in [-0.4, -0.2) is 36.4 Å². The monoisotopic (exact) mass is 467 g/mol. The van der Waals surface area contributed by atoms with E-state index in [1.165, 1.54) is 0 Å². The molecule has 1 aromatic rings. The molecule has 1 amide bonds. The molecule has 0 radical (unpaired) electrons. The summed E-state index contributed by atoms with van der Waals surface area (Å²) in [6.07, 6.45) is 4.64. The summed E-state index contributed by atoms with van der Waals surface area (Å²) in [7, 11) is 0. The molecule has 0 spiro atoms. The molecule has 2 aliphatic rings. The predicted molar refractivity (Wildman–Crippen MR) is 119 cm³/mol. The maximum absolute atomic E-state index is 12.1. The second-order valence-electron chi connectivity index (χ2n) is 9.02. The van der Waals surface area contributed by atoms with Crippen LogP contribution in [0.5, 0.6) is 5.75 Å². The summed E-state index contributed by atoms with van der Waals surface area (Å²) in [6, 6.07) is 1.80. The lowest BCUT2D eigenvalue weighted by Gasteiger charge is -2.32. The molecule has 3 rings (SSSR count). The standard InChI is InChI=1S/C23H27Cl2NO5/c1-5-23-7-6-14(27)9-15(23)19-13(10-23)8-16(20(24)21(19)25)30-12-17(28)26-11-18(29)31-22(2,3)4/h8-9H,5-7,10-12H2,1-4H3,(H,26,28). The van der Waals surface area contributed by atoms with Crippen molar-refractivity contribution in [2.45, 2.75) is 59.0 Å². The molecule has 31 heavy (non-hydrogen) atoms. The number of ether oxygens (including phenoxy) is 2. The van der Waals surface area contributed by atoms with Crippen LogP contribution in [0, 0.1) is 5.41 Å². The number of benzene rings is 1. The maximum Gasteiger partial charge on any atom is 0.325 e. The highest BCUT2D eigenvalue weighted by Crippen LogP contribution is 2.57. The molecule has 0 bridgehead atoms. The van der Waals surface area contributed by atoms with Gasteiger partial charge in [0.2, 0.25) is 0 Å². The van der Waals surface area contributed by atoms with Crippen LogP contribution in [-0.2, 0) is 25.5 Å². The van der Waals surface area contributed by atoms with Crippen LogP contribution < -0.4 is 10.1 Å². The molecule has 0 aliphatic heterocycles. The van der Waals surface area contributed by atoms with E-state index in [9.17, 15) is 14.4 Å². The van der Waals surface area contributed by atoms with Crippen molar-refractivity contribution < 1.29 is 23.9 Å². The molecule has 1 unspecified atom stereocenters. The van der Waals surface area contributed by atoms with Crippen LogP contribution in [0.4, 0.5) is 0 Å². The summed E-state index contributed by atoms with van der Waals surface area (Å²) in [5.74, 6) is -0.615. The summed E-state index contributed by atoms with van der Waals surface area (Å²) < 4.78 is 10.8. The Hall–Kier alpha value is -2.05. The Morgan fingerprint density at radius 2 is 1.94 bits per heavy atom. The summed E-state index contributed by atoms with van der Waals surface area (Å²) in [5, 5.41) is 2.99. The number of fused-ring (bicyclic) bond motifs is 3. The van der Waals surface area contributed by atoms with Crippen LogP contribution in [0.15, 0.2) is 12.1 Å². The largest absolute Gasteiger partial charge is 0.482 e. The minimum absolute atomic E-state index is 0.0982. The van der Waals surface area contributed by atoms with E-state index in [-0.39, 0.29) is 29.4 Å². The van der Waals surface area contributed by atoms with Crippen molar-refractivity contribution in [3.63, 3.8) is 0 Å². The molecule has 2 aliphatic carbocycles. The zero-order valence-corrected chi connectivity index (χ0v) is 19.7. The first-order valence-corrected chi connectivity index (χ1v) is 11.1. The van der Waals surface area contributed by atoms with Gasteiger partial charge in [-0.05, 0) is 63.3 Å². The van der Waals surface area contributed by atoms with Crippen molar-refractivity contribution in [3.8, 4) is 5.75 Å². The average molecular weight is 468 g/mol. The first kappa shape index (κ1) is 23.6. The van der Waals surface area contributed by atoms with Gasteiger partial charge in [0.05, 0.1) is 5.02 Å². The minimum Gasteiger partial charge on any atom is -0.482 e. The van der Waals surface area contributed by atoms with Crippen LogP contribution in [0.2, 0.25) is 10.0 Å². The SMILES string of the molecule is CCC12CCC(=O)C=C1c1c(cc(OCC(=O)NCC(=O)OC(C)(C)C)c(Cl)c1Cl)C2. The summed E-state index contributed by atoms with van der Waals surface area (Å²) in [5.41, 5.74) is 1.98. The fourth-order valence-electron chi connectivity index (χ4n) is 4.19. The van der Waals surface area contributed by atoms with Crippen molar-refractivity contribution in [1.82, 2.24) is 5.32 Å². The molecular formula is C23H27Cl2NO5. The number of ketones is 1. The van der Waals surface area contributed by atoms with Crippen LogP contribution >= 0.6 is 23.2 Å². The van der Waals surface area contributed by atoms with Crippen molar-refractivity contribution >= 4 is 46.4 Å². The summed E-state index contributed by atoms with van der Waals surface area (Å²) in [6.45, 7) is 6.79. The smallest absolute Gasteiger partial charge is 0.325 e. The third-order valence-electron chi connectivity index (χ3n) is 5.67. The molecule has 1 atom stereocenters. The third kappa shape index (κ3) is 5.07. The number of carbonyl (C=O) groups excluding carboxylic acids is 3. The quantitative estimate of drug-likeness (QED) is 0.621. The number of rotatable bonds is 6. The Morgan fingerprint density at radius 3 is 2.58 bits per heavy atom. The number of nitrogens with one attached hydrogen (secondary N) is 1. The van der Waals surface area contributed by atoms with Crippen molar-refractivity contribution in [2.75, 3.05) is 13.2 Å². The molecule has 0 aromatic heterocycles. The van der Waals surface area contributed by atoms with Gasteiger partial charge in [0.25, 0.3) is 5.91 Å². The molecule has 0 saturated carbocycles. The molecule has 0 fully saturated rings. The van der Waals surface area contributed by atoms with Gasteiger partial charge in [-0.15, -0.1) is 0 Å². The Kier molecular flexibility index (Phi) is 6.72. The Bertz CT molecular complexity index is 964. The number of hydrogen-bond donors (Lipinski definition) is 1. The molecular weight excluding hydrogens is 441 g/mol. The lowest BCUT2D eigenvalue weighted by atomic mass is 9.71. The maximum atomic E-state index is 12.1. The van der Waals surface area contributed by atoms with E-state index in [1.807, 2.05) is 0 Å². The molecule has 0 saturated heterocycles. The number of amides is 1. The van der Waals surface area contributed by atoms with Gasteiger partial charge in [-0.2, -0.15) is 0 Å². The number of allylic oxidation sites excluding steroid dienone is 2. The van der Waals surface area contributed by atoms with Gasteiger partial charge in [0.15, 0.2) is 12.4 Å². The van der Waals surface area contributed by atoms with Gasteiger partial charge >= 0.3 is 5.97 Å². The first-order valence-electron chi connectivity index (χ1n) is 10.3. The van der Waals surface area contributed by atoms with E-state index in [0.29, 0.717) is 17.2 Å². The fourth-order valence-corrected chi connectivity index (χ4v) is 4.71. The van der Waals surface area contributed by atoms with Gasteiger partial charge in [0, 0.05) is 17.4 Å². The Balaban J connectivity index is 1.71. The second kappa shape index (κ2) is 8.83. The van der Waals surface area contributed by atoms with Gasteiger partial charge < -0.3 is 14.8 Å². The van der Waals surface area contributed by atoms with Crippen molar-refractivity contribution in [1.29, 1.82) is 0 Å². The van der Waals surface area contributed by atoms with E-state index in [0.717, 1.165) is 36.0 Å². The summed E-state index contributed by atoms with van der Waals surface area (Å²) in [4.78, 5) is 35.9. The third-order valence-corrected chi connectivity index (χ3v) is 6.52. The van der Waals surface area contributed by atoms with Crippen molar-refractivity contribution in [2.24, 2.45) is 5.41 Å². The highest BCUT2D eigenvalue weighted by atomic mass is 35.5. The van der Waals surface area contributed by atoms with Crippen LogP contribution in [0.1, 0.15) is 58.1 Å². The van der Waals surface area contributed by atoms with Crippen LogP contribution in [0.25, 0.3) is 5.57 Å². The second-order valence-corrected chi connectivity index (χ2v) is 9.78. The lowest BCUT2D eigenvalue weighted by Crippen LogP contribution is -2.36. The molecule has 1 N–H and O–H groups in total. The zero-order chi connectivity index (χ0) is 23.0. The lowest BCUT2D eigenvalue weighted by molar-refractivity contribution is -0.154. The number of hydrogen-bond acceptors (Lipinski definition) is 5. The van der Waals surface area contributed by atoms with E-state index >= 15 is 0 Å². The number of esters is 1. The van der Waals surface area contributed by atoms with E-state index in [2.05, 4.69) is 12.2 Å². The average Bonchev–Trinajstić information content (AvgIpc) is 3.00. The number of carbonyl (C=O) groups is 3. The molecule has 8 heteroatoms. The van der Waals surface area contributed by atoms with E-state index in [4.69, 9.17) is 32.7 Å². The number of halogens is 2. The topological polar surface area (TPSA) is 81.7 Å². The van der Waals surface area contributed by atoms with E-state index in [1.54, 1.807) is 32.9 Å². The van der Waals surface area contributed by atoms with Gasteiger partial charge in [-0.25, -0.2) is 0 Å². The highest BCUT2D eigenvalue weighted by molar-refractivity contribution is 6.44. The van der Waals surface area contributed by atoms with E-state index < -0.39 is 17.5 Å². The van der Waals surface area contributed by atoms with Crippen molar-refractivity contribution in [3.05, 3.63) is 33.3 Å². The Morgan fingerprint density at radius 1 is 1.23 bits per heavy atom. The normalized spacial score (nSPS) is 19.9. The molecule has 1 aromatic carbocycles. The summed E-state index contributed by atoms with van der Waals surface area (Å²) >= 11 is 13.0. The first-order chi connectivity index (χ1) is 14.5. The predicted octanol–water partition coefficient (Wildman–Crippen LogP) is 4.53. The zero-order valence-electron chi connectivity index (χ0n) is 18.2. The van der Waals surface area contributed by atoms with Gasteiger partial charge in [-0.1, -0.05) is 30.1 Å². The van der Waals surface area contributed by atoms with Gasteiger partial charge in [0.1, 0.15) is 22.9 Å². The fraction of sp³-hybridized carbons (Fsp3) is 0.522. The van der Waals surface area contributed by atoms with Gasteiger partial charge in [-0.3, -0.25) is 14.4 Å². The van der Waals surface area contributed by atoms with Crippen LogP contribution in [0.3, 0.4) is 0 Å². The molecule has 6 nitrogen and oxygen atoms in total.